The molecule has 0 aliphatic rings. The highest BCUT2D eigenvalue weighted by Crippen LogP contribution is 2.36. The van der Waals surface area contributed by atoms with E-state index in [-0.39, 0.29) is 23.2 Å². The van der Waals surface area contributed by atoms with Crippen molar-refractivity contribution >= 4 is 12.1 Å². The Bertz CT molecular complexity index is 716. The largest absolute Gasteiger partial charge is 0.502 e. The highest BCUT2D eigenvalue weighted by atomic mass is 16.5. The van der Waals surface area contributed by atoms with Crippen LogP contribution in [0.3, 0.4) is 0 Å². The van der Waals surface area contributed by atoms with Gasteiger partial charge in [0.15, 0.2) is 11.5 Å². The molecule has 0 aliphatic heterocycles. The van der Waals surface area contributed by atoms with Crippen molar-refractivity contribution < 1.29 is 19.4 Å². The van der Waals surface area contributed by atoms with Crippen LogP contribution < -0.4 is 14.9 Å². The summed E-state index contributed by atoms with van der Waals surface area (Å²) in [7, 11) is 2.88. The summed E-state index contributed by atoms with van der Waals surface area (Å²) in [5.74, 6) is 0.139. The van der Waals surface area contributed by atoms with E-state index in [1.807, 2.05) is 19.1 Å². The van der Waals surface area contributed by atoms with Gasteiger partial charge >= 0.3 is 0 Å². The quantitative estimate of drug-likeness (QED) is 0.656. The number of hydrogen-bond acceptors (Lipinski definition) is 5. The third kappa shape index (κ3) is 3.79. The van der Waals surface area contributed by atoms with Crippen molar-refractivity contribution in [1.82, 2.24) is 5.43 Å². The predicted molar refractivity (Wildman–Crippen MR) is 87.5 cm³/mol. The number of phenolic OH excluding ortho intramolecular Hbond substituents is 1. The van der Waals surface area contributed by atoms with Crippen LogP contribution in [0.5, 0.6) is 17.2 Å². The lowest BCUT2D eigenvalue weighted by molar-refractivity contribution is 0.0954. The Balaban J connectivity index is 2.15. The molecule has 1 amide bonds. The van der Waals surface area contributed by atoms with Gasteiger partial charge < -0.3 is 14.6 Å². The average molecular weight is 314 g/mol. The number of nitrogens with one attached hydrogen (secondary N) is 1. The van der Waals surface area contributed by atoms with E-state index in [9.17, 15) is 9.90 Å². The minimum Gasteiger partial charge on any atom is -0.502 e. The van der Waals surface area contributed by atoms with Crippen LogP contribution >= 0.6 is 0 Å². The topological polar surface area (TPSA) is 80.2 Å². The van der Waals surface area contributed by atoms with Gasteiger partial charge in [0.2, 0.25) is 5.75 Å². The Labute approximate surface area is 134 Å². The molecule has 2 N–H and O–H groups in total. The van der Waals surface area contributed by atoms with Gasteiger partial charge in [-0.15, -0.1) is 0 Å². The van der Waals surface area contributed by atoms with Gasteiger partial charge in [0, 0.05) is 11.1 Å². The van der Waals surface area contributed by atoms with Crippen LogP contribution in [-0.2, 0) is 0 Å². The summed E-state index contributed by atoms with van der Waals surface area (Å²) < 4.78 is 10.1. The fraction of sp³-hybridized carbons (Fsp3) is 0.176. The normalized spacial score (nSPS) is 10.6. The number of aryl methyl sites for hydroxylation is 1. The van der Waals surface area contributed by atoms with Crippen LogP contribution in [0, 0.1) is 6.92 Å². The van der Waals surface area contributed by atoms with Gasteiger partial charge in [-0.2, -0.15) is 5.10 Å². The molecule has 0 radical (unpaired) electrons. The molecular weight excluding hydrogens is 296 g/mol. The molecule has 2 aromatic carbocycles. The summed E-state index contributed by atoms with van der Waals surface area (Å²) in [6.45, 7) is 1.86. The number of carbonyl (C=O) groups excluding carboxylic acids is 1. The van der Waals surface area contributed by atoms with E-state index in [0.29, 0.717) is 11.1 Å². The van der Waals surface area contributed by atoms with E-state index < -0.39 is 0 Å². The second kappa shape index (κ2) is 7.31. The van der Waals surface area contributed by atoms with Crippen molar-refractivity contribution in [1.29, 1.82) is 0 Å². The molecule has 0 spiro atoms. The number of ether oxygens (including phenoxy) is 2. The molecule has 2 aromatic rings. The minimum absolute atomic E-state index is 0.0869. The molecule has 0 aliphatic carbocycles. The SMILES string of the molecule is COc1cc(/C=N/NC(=O)c2ccccc2C)cc(OC)c1O. The van der Waals surface area contributed by atoms with E-state index in [4.69, 9.17) is 9.47 Å². The van der Waals surface area contributed by atoms with E-state index in [0.717, 1.165) is 5.56 Å². The van der Waals surface area contributed by atoms with Crippen LogP contribution in [0.1, 0.15) is 21.5 Å². The van der Waals surface area contributed by atoms with Crippen molar-refractivity contribution in [3.05, 3.63) is 53.1 Å². The predicted octanol–water partition coefficient (Wildman–Crippen LogP) is 2.48. The summed E-state index contributed by atoms with van der Waals surface area (Å²) in [6, 6.07) is 10.4. The van der Waals surface area contributed by atoms with Gasteiger partial charge in [-0.25, -0.2) is 5.43 Å². The summed E-state index contributed by atoms with van der Waals surface area (Å²) in [4.78, 5) is 12.0. The Kier molecular flexibility index (Phi) is 5.19. The van der Waals surface area contributed by atoms with Crippen molar-refractivity contribution in [3.8, 4) is 17.2 Å². The molecule has 23 heavy (non-hydrogen) atoms. The number of aromatic hydroxyl groups is 1. The fourth-order valence-electron chi connectivity index (χ4n) is 2.04. The standard InChI is InChI=1S/C17H18N2O4/c1-11-6-4-5-7-13(11)17(21)19-18-10-12-8-14(22-2)16(20)15(9-12)23-3/h4-10,20H,1-3H3,(H,19,21)/b18-10+. The Morgan fingerprint density at radius 1 is 1.17 bits per heavy atom. The maximum absolute atomic E-state index is 12.0. The maximum atomic E-state index is 12.0. The van der Waals surface area contributed by atoms with Crippen LogP contribution in [-0.4, -0.2) is 31.4 Å². The molecule has 0 saturated heterocycles. The molecule has 0 unspecified atom stereocenters. The maximum Gasteiger partial charge on any atom is 0.271 e. The number of methoxy groups -OCH3 is 2. The lowest BCUT2D eigenvalue weighted by atomic mass is 10.1. The van der Waals surface area contributed by atoms with Crippen LogP contribution in [0.15, 0.2) is 41.5 Å². The monoisotopic (exact) mass is 314 g/mol. The molecule has 0 fully saturated rings. The van der Waals surface area contributed by atoms with E-state index in [2.05, 4.69) is 10.5 Å². The first-order chi connectivity index (χ1) is 11.1. The second-order valence-corrected chi connectivity index (χ2v) is 4.79. The van der Waals surface area contributed by atoms with Crippen LogP contribution in [0.2, 0.25) is 0 Å². The van der Waals surface area contributed by atoms with E-state index in [1.54, 1.807) is 24.3 Å². The molecule has 0 aromatic heterocycles. The van der Waals surface area contributed by atoms with Gasteiger partial charge in [-0.1, -0.05) is 18.2 Å². The van der Waals surface area contributed by atoms with Crippen LogP contribution in [0.25, 0.3) is 0 Å². The van der Waals surface area contributed by atoms with Gasteiger partial charge in [0.05, 0.1) is 20.4 Å². The van der Waals surface area contributed by atoms with Crippen molar-refractivity contribution in [2.45, 2.75) is 6.92 Å². The molecule has 0 bridgehead atoms. The third-order valence-electron chi connectivity index (χ3n) is 3.27. The first-order valence-electron chi connectivity index (χ1n) is 6.91. The number of benzene rings is 2. The van der Waals surface area contributed by atoms with Crippen molar-refractivity contribution in [2.75, 3.05) is 14.2 Å². The highest BCUT2D eigenvalue weighted by molar-refractivity contribution is 5.96. The molecule has 6 nitrogen and oxygen atoms in total. The molecule has 0 heterocycles. The van der Waals surface area contributed by atoms with Gasteiger partial charge in [0.1, 0.15) is 0 Å². The Morgan fingerprint density at radius 3 is 2.35 bits per heavy atom. The highest BCUT2D eigenvalue weighted by Gasteiger charge is 2.10. The minimum atomic E-state index is -0.294. The molecule has 0 atom stereocenters. The first kappa shape index (κ1) is 16.4. The lowest BCUT2D eigenvalue weighted by Crippen LogP contribution is -2.18. The van der Waals surface area contributed by atoms with Crippen molar-refractivity contribution in [2.24, 2.45) is 5.10 Å². The fourth-order valence-corrected chi connectivity index (χ4v) is 2.04. The number of carbonyl (C=O) groups is 1. The molecule has 120 valence electrons. The smallest absolute Gasteiger partial charge is 0.271 e. The van der Waals surface area contributed by atoms with Gasteiger partial charge in [-0.3, -0.25) is 4.79 Å². The lowest BCUT2D eigenvalue weighted by Gasteiger charge is -2.09. The zero-order chi connectivity index (χ0) is 16.8. The third-order valence-corrected chi connectivity index (χ3v) is 3.27. The average Bonchev–Trinajstić information content (AvgIpc) is 2.56. The molecule has 0 saturated carbocycles. The summed E-state index contributed by atoms with van der Waals surface area (Å²) >= 11 is 0. The molecule has 6 heteroatoms. The van der Waals surface area contributed by atoms with Gasteiger partial charge in [0.25, 0.3) is 5.91 Å². The zero-order valence-electron chi connectivity index (χ0n) is 13.2. The number of nitrogens with zero attached hydrogens (tertiary/aromatic N) is 1. The van der Waals surface area contributed by atoms with Crippen LogP contribution in [0.4, 0.5) is 0 Å². The van der Waals surface area contributed by atoms with E-state index >= 15 is 0 Å². The first-order valence-corrected chi connectivity index (χ1v) is 6.91. The van der Waals surface area contributed by atoms with E-state index in [1.165, 1.54) is 20.4 Å². The Morgan fingerprint density at radius 2 is 1.78 bits per heavy atom. The zero-order valence-corrected chi connectivity index (χ0v) is 13.2. The summed E-state index contributed by atoms with van der Waals surface area (Å²) in [6.07, 6.45) is 1.45. The second-order valence-electron chi connectivity index (χ2n) is 4.79. The number of hydrogen-bond donors (Lipinski definition) is 2. The molecule has 2 rings (SSSR count). The number of rotatable bonds is 5. The number of amides is 1. The summed E-state index contributed by atoms with van der Waals surface area (Å²) in [5.41, 5.74) is 4.51. The molecular formula is C17H18N2O4. The number of phenols is 1. The Hall–Kier alpha value is -3.02. The number of hydrazone groups is 1. The summed E-state index contributed by atoms with van der Waals surface area (Å²) in [5, 5.41) is 13.8. The van der Waals surface area contributed by atoms with Gasteiger partial charge in [-0.05, 0) is 30.7 Å². The van der Waals surface area contributed by atoms with Crippen molar-refractivity contribution in [3.63, 3.8) is 0 Å².